The van der Waals surface area contributed by atoms with Crippen LogP contribution >= 0.6 is 11.3 Å². The van der Waals surface area contributed by atoms with Crippen molar-refractivity contribution < 1.29 is 18.8 Å². The van der Waals surface area contributed by atoms with E-state index >= 15 is 0 Å². The largest absolute Gasteiger partial charge is 0.496 e. The van der Waals surface area contributed by atoms with Crippen LogP contribution in [0.25, 0.3) is 10.2 Å². The Morgan fingerprint density at radius 1 is 1.26 bits per heavy atom. The number of nitrogens with one attached hydrogen (secondary N) is 1. The molecule has 2 aromatic heterocycles. The van der Waals surface area contributed by atoms with E-state index in [2.05, 4.69) is 10.3 Å². The van der Waals surface area contributed by atoms with Gasteiger partial charge in [0.05, 0.1) is 28.0 Å². The summed E-state index contributed by atoms with van der Waals surface area (Å²) in [7, 11) is -0.439. The summed E-state index contributed by atoms with van der Waals surface area (Å²) in [5.41, 5.74) is 0.521. The maximum absolute atomic E-state index is 11.9. The molecule has 0 saturated carbocycles. The molecule has 1 fully saturated rings. The van der Waals surface area contributed by atoms with Gasteiger partial charge in [-0.2, -0.15) is 0 Å². The highest BCUT2D eigenvalue weighted by atomic mass is 32.1. The van der Waals surface area contributed by atoms with Crippen molar-refractivity contribution in [2.24, 2.45) is 0 Å². The van der Waals surface area contributed by atoms with Gasteiger partial charge < -0.3 is 19.4 Å². The average molecular weight is 390 g/mol. The average Bonchev–Trinajstić information content (AvgIpc) is 3.01. The van der Waals surface area contributed by atoms with Gasteiger partial charge in [0, 0.05) is 16.5 Å². The van der Waals surface area contributed by atoms with E-state index in [1.54, 1.807) is 17.5 Å². The van der Waals surface area contributed by atoms with Gasteiger partial charge in [-0.25, -0.2) is 4.79 Å². The fourth-order valence-electron chi connectivity index (χ4n) is 2.72. The molecule has 8 heteroatoms. The summed E-state index contributed by atoms with van der Waals surface area (Å²) in [6, 6.07) is 3.91. The van der Waals surface area contributed by atoms with Crippen LogP contribution in [0.5, 0.6) is 0 Å². The third-order valence-corrected chi connectivity index (χ3v) is 5.98. The number of carbonyl (C=O) groups excluding carboxylic acids is 1. The number of rotatable bonds is 3. The molecule has 2 aromatic rings. The van der Waals surface area contributed by atoms with Gasteiger partial charge in [-0.3, -0.25) is 4.98 Å². The van der Waals surface area contributed by atoms with Gasteiger partial charge in [-0.05, 0) is 60.6 Å². The Morgan fingerprint density at radius 2 is 1.89 bits per heavy atom. The molecule has 1 amide bonds. The number of fused-ring (bicyclic) bond motifs is 1. The summed E-state index contributed by atoms with van der Waals surface area (Å²) < 4.78 is 18.7. The first-order valence-electron chi connectivity index (χ1n) is 9.08. The molecular formula is C19H27BN2O4S. The Kier molecular flexibility index (Phi) is 5.03. The second kappa shape index (κ2) is 6.76. The van der Waals surface area contributed by atoms with Crippen LogP contribution in [0.15, 0.2) is 18.3 Å². The van der Waals surface area contributed by atoms with Crippen molar-refractivity contribution in [2.45, 2.75) is 71.8 Å². The minimum atomic E-state index is -0.518. The Labute approximate surface area is 164 Å². The van der Waals surface area contributed by atoms with Crippen LogP contribution in [-0.4, -0.2) is 35.0 Å². The van der Waals surface area contributed by atoms with Crippen molar-refractivity contribution in [2.75, 3.05) is 0 Å². The van der Waals surface area contributed by atoms with E-state index in [9.17, 15) is 4.79 Å². The minimum absolute atomic E-state index is 0.388. The third kappa shape index (κ3) is 4.28. The molecular weight excluding hydrogens is 363 g/mol. The summed E-state index contributed by atoms with van der Waals surface area (Å²) in [6.07, 6.45) is 1.33. The van der Waals surface area contributed by atoms with Crippen LogP contribution in [0, 0.1) is 0 Å². The number of alkyl carbamates (subject to hydrolysis) is 1. The molecule has 6 nitrogen and oxygen atoms in total. The van der Waals surface area contributed by atoms with Crippen molar-refractivity contribution in [1.29, 1.82) is 0 Å². The van der Waals surface area contributed by atoms with Gasteiger partial charge in [-0.1, -0.05) is 0 Å². The van der Waals surface area contributed by atoms with E-state index in [4.69, 9.17) is 14.0 Å². The van der Waals surface area contributed by atoms with Crippen molar-refractivity contribution in [1.82, 2.24) is 10.3 Å². The Balaban J connectivity index is 1.79. The van der Waals surface area contributed by atoms with E-state index in [1.807, 2.05) is 60.6 Å². The number of carbonyl (C=O) groups is 1. The summed E-state index contributed by atoms with van der Waals surface area (Å²) in [5, 5.41) is 2.79. The first-order valence-corrected chi connectivity index (χ1v) is 9.89. The van der Waals surface area contributed by atoms with Gasteiger partial charge in [-0.15, -0.1) is 11.3 Å². The van der Waals surface area contributed by atoms with E-state index in [0.29, 0.717) is 6.54 Å². The van der Waals surface area contributed by atoms with Gasteiger partial charge in [0.1, 0.15) is 5.60 Å². The first kappa shape index (κ1) is 20.1. The molecule has 3 rings (SSSR count). The van der Waals surface area contributed by atoms with Crippen molar-refractivity contribution >= 4 is 40.2 Å². The molecule has 0 bridgehead atoms. The zero-order valence-corrected chi connectivity index (χ0v) is 17.8. The maximum Gasteiger partial charge on any atom is 0.496 e. The summed E-state index contributed by atoms with van der Waals surface area (Å²) in [6.45, 7) is 14.1. The molecule has 0 aliphatic carbocycles. The van der Waals surface area contributed by atoms with Crippen LogP contribution < -0.4 is 10.8 Å². The van der Waals surface area contributed by atoms with Gasteiger partial charge in [0.2, 0.25) is 0 Å². The topological polar surface area (TPSA) is 69.7 Å². The number of nitrogens with zero attached hydrogens (tertiary/aromatic N) is 1. The number of hydrogen-bond donors (Lipinski definition) is 1. The number of thiophene rings is 1. The molecule has 0 radical (unpaired) electrons. The molecule has 27 heavy (non-hydrogen) atoms. The van der Waals surface area contributed by atoms with E-state index in [1.165, 1.54) is 0 Å². The number of amides is 1. The monoisotopic (exact) mass is 390 g/mol. The van der Waals surface area contributed by atoms with Crippen molar-refractivity contribution in [3.63, 3.8) is 0 Å². The van der Waals surface area contributed by atoms with Crippen LogP contribution in [0.3, 0.4) is 0 Å². The molecule has 146 valence electrons. The van der Waals surface area contributed by atoms with E-state index in [-0.39, 0.29) is 0 Å². The zero-order chi connectivity index (χ0) is 20.0. The summed E-state index contributed by atoms with van der Waals surface area (Å²) in [5.74, 6) is 0. The second-order valence-electron chi connectivity index (χ2n) is 8.77. The summed E-state index contributed by atoms with van der Waals surface area (Å²) >= 11 is 1.58. The molecule has 1 N–H and O–H groups in total. The normalized spacial score (nSPS) is 18.7. The van der Waals surface area contributed by atoms with Gasteiger partial charge in [0.15, 0.2) is 0 Å². The standard InChI is InChI=1S/C19H27BN2O4S/c1-17(2,3)24-16(23)22-11-12-10-14-15(27-12)13(8-9-21-14)20-25-18(4,5)19(6,7)26-20/h8-10H,11H2,1-7H3,(H,22,23). The van der Waals surface area contributed by atoms with E-state index in [0.717, 1.165) is 20.6 Å². The molecule has 3 heterocycles. The van der Waals surface area contributed by atoms with Crippen LogP contribution in [0.2, 0.25) is 0 Å². The minimum Gasteiger partial charge on any atom is -0.444 e. The quantitative estimate of drug-likeness (QED) is 0.811. The van der Waals surface area contributed by atoms with Crippen LogP contribution in [-0.2, 0) is 20.6 Å². The fourth-order valence-corrected chi connectivity index (χ4v) is 3.80. The first-order chi connectivity index (χ1) is 12.4. The predicted octanol–water partition coefficient (Wildman–Crippen LogP) is 3.62. The molecule has 0 spiro atoms. The van der Waals surface area contributed by atoms with E-state index < -0.39 is 30.0 Å². The smallest absolute Gasteiger partial charge is 0.444 e. The van der Waals surface area contributed by atoms with Crippen molar-refractivity contribution in [3.05, 3.63) is 23.2 Å². The Hall–Kier alpha value is -1.64. The molecule has 0 unspecified atom stereocenters. The highest BCUT2D eigenvalue weighted by molar-refractivity contribution is 7.20. The lowest BCUT2D eigenvalue weighted by molar-refractivity contribution is 0.00578. The second-order valence-corrected chi connectivity index (χ2v) is 9.91. The van der Waals surface area contributed by atoms with Crippen LogP contribution in [0.4, 0.5) is 4.79 Å². The van der Waals surface area contributed by atoms with Gasteiger partial charge >= 0.3 is 13.2 Å². The zero-order valence-electron chi connectivity index (χ0n) is 17.0. The lowest BCUT2D eigenvalue weighted by Crippen LogP contribution is -2.41. The lowest BCUT2D eigenvalue weighted by atomic mass is 9.79. The third-order valence-electron chi connectivity index (χ3n) is 4.81. The highest BCUT2D eigenvalue weighted by Crippen LogP contribution is 2.37. The lowest BCUT2D eigenvalue weighted by Gasteiger charge is -2.32. The predicted molar refractivity (Wildman–Crippen MR) is 108 cm³/mol. The molecule has 0 atom stereocenters. The van der Waals surface area contributed by atoms with Gasteiger partial charge in [0.25, 0.3) is 0 Å². The Morgan fingerprint density at radius 3 is 2.48 bits per heavy atom. The number of hydrogen-bond acceptors (Lipinski definition) is 6. The molecule has 1 aliphatic rings. The molecule has 1 saturated heterocycles. The SMILES string of the molecule is CC(C)(C)OC(=O)NCc1cc2nccc(B3OC(C)(C)C(C)(C)O3)c2s1. The summed E-state index contributed by atoms with van der Waals surface area (Å²) in [4.78, 5) is 17.3. The fraction of sp³-hybridized carbons (Fsp3) is 0.579. The number of ether oxygens (including phenoxy) is 1. The van der Waals surface area contributed by atoms with Crippen molar-refractivity contribution in [3.8, 4) is 0 Å². The molecule has 0 aromatic carbocycles. The maximum atomic E-state index is 11.9. The number of pyridine rings is 1. The molecule has 1 aliphatic heterocycles. The highest BCUT2D eigenvalue weighted by Gasteiger charge is 2.52. The number of aromatic nitrogens is 1. The Bertz CT molecular complexity index is 841. The van der Waals surface area contributed by atoms with Crippen LogP contribution in [0.1, 0.15) is 53.3 Å².